The molecule has 3 N–H and O–H groups in total. The van der Waals surface area contributed by atoms with Crippen LogP contribution in [0.2, 0.25) is 0 Å². The van der Waals surface area contributed by atoms with Crippen LogP contribution < -0.4 is 5.73 Å². The molecule has 1 aromatic rings. The molecule has 1 heterocycles. The van der Waals surface area contributed by atoms with E-state index in [4.69, 9.17) is 11.1 Å². The molecular formula is C14H25Cl3N4. The predicted octanol–water partition coefficient (Wildman–Crippen LogP) is 2.40. The molecule has 1 saturated heterocycles. The summed E-state index contributed by atoms with van der Waals surface area (Å²) in [6.45, 7) is 6.34. The van der Waals surface area contributed by atoms with Crippen molar-refractivity contribution in [3.63, 3.8) is 0 Å². The minimum Gasteiger partial charge on any atom is -0.388 e. The van der Waals surface area contributed by atoms with Crippen LogP contribution in [0.15, 0.2) is 30.3 Å². The van der Waals surface area contributed by atoms with Gasteiger partial charge in [0.2, 0.25) is 0 Å². The molecule has 1 aliphatic heterocycles. The SMILES string of the molecule is Cl.Cl.Cl.N=C(N)CCN1CCN(Cc2ccccc2)CC1. The van der Waals surface area contributed by atoms with E-state index in [-0.39, 0.29) is 37.2 Å². The second-order valence-corrected chi connectivity index (χ2v) is 4.88. The first-order valence-corrected chi connectivity index (χ1v) is 6.55. The lowest BCUT2D eigenvalue weighted by molar-refractivity contribution is 0.129. The second-order valence-electron chi connectivity index (χ2n) is 4.88. The summed E-state index contributed by atoms with van der Waals surface area (Å²) in [6.07, 6.45) is 0.693. The van der Waals surface area contributed by atoms with Gasteiger partial charge in [-0.25, -0.2) is 0 Å². The number of nitrogens with two attached hydrogens (primary N) is 1. The number of benzene rings is 1. The van der Waals surface area contributed by atoms with Gasteiger partial charge >= 0.3 is 0 Å². The Balaban J connectivity index is 0. The first-order chi connectivity index (χ1) is 8.74. The molecule has 0 spiro atoms. The highest BCUT2D eigenvalue weighted by molar-refractivity contribution is 5.86. The van der Waals surface area contributed by atoms with Crippen LogP contribution in [-0.2, 0) is 6.54 Å². The standard InChI is InChI=1S/C14H22N4.3ClH/c15-14(16)6-7-17-8-10-18(11-9-17)12-13-4-2-1-3-5-13;;;/h1-5H,6-12H2,(H3,15,16);3*1H. The molecular weight excluding hydrogens is 331 g/mol. The van der Waals surface area contributed by atoms with E-state index in [1.54, 1.807) is 0 Å². The summed E-state index contributed by atoms with van der Waals surface area (Å²) in [5.74, 6) is 0.293. The van der Waals surface area contributed by atoms with Crippen LogP contribution in [-0.4, -0.2) is 48.4 Å². The molecule has 0 atom stereocenters. The number of hydrogen-bond acceptors (Lipinski definition) is 3. The summed E-state index contributed by atoms with van der Waals surface area (Å²) in [6, 6.07) is 10.6. The van der Waals surface area contributed by atoms with Gasteiger partial charge in [-0.05, 0) is 5.56 Å². The highest BCUT2D eigenvalue weighted by Gasteiger charge is 2.16. The molecule has 1 aromatic carbocycles. The van der Waals surface area contributed by atoms with E-state index in [0.29, 0.717) is 12.3 Å². The lowest BCUT2D eigenvalue weighted by Crippen LogP contribution is -2.46. The Morgan fingerprint density at radius 2 is 1.48 bits per heavy atom. The topological polar surface area (TPSA) is 56.4 Å². The third-order valence-electron chi connectivity index (χ3n) is 3.41. The fourth-order valence-electron chi connectivity index (χ4n) is 2.29. The number of halogens is 3. The van der Waals surface area contributed by atoms with Crippen LogP contribution in [0.4, 0.5) is 0 Å². The largest absolute Gasteiger partial charge is 0.388 e. The van der Waals surface area contributed by atoms with Gasteiger partial charge in [-0.2, -0.15) is 0 Å². The van der Waals surface area contributed by atoms with E-state index in [1.807, 2.05) is 0 Å². The van der Waals surface area contributed by atoms with Crippen LogP contribution in [0, 0.1) is 5.41 Å². The van der Waals surface area contributed by atoms with Gasteiger partial charge in [0.05, 0.1) is 5.84 Å². The van der Waals surface area contributed by atoms with Crippen LogP contribution in [0.25, 0.3) is 0 Å². The average Bonchev–Trinajstić information content (AvgIpc) is 2.39. The summed E-state index contributed by atoms with van der Waals surface area (Å²) in [7, 11) is 0. The predicted molar refractivity (Wildman–Crippen MR) is 96.4 cm³/mol. The molecule has 0 amide bonds. The Morgan fingerprint density at radius 3 is 2.00 bits per heavy atom. The first kappa shape index (κ1) is 22.8. The van der Waals surface area contributed by atoms with Crippen molar-refractivity contribution in [3.8, 4) is 0 Å². The lowest BCUT2D eigenvalue weighted by atomic mass is 10.2. The van der Waals surface area contributed by atoms with Crippen LogP contribution in [0.3, 0.4) is 0 Å². The van der Waals surface area contributed by atoms with Crippen molar-refractivity contribution in [2.45, 2.75) is 13.0 Å². The third kappa shape index (κ3) is 8.49. The molecule has 122 valence electrons. The molecule has 0 saturated carbocycles. The molecule has 2 rings (SSSR count). The van der Waals surface area contributed by atoms with Crippen molar-refractivity contribution < 1.29 is 0 Å². The number of amidine groups is 1. The van der Waals surface area contributed by atoms with Crippen LogP contribution in [0.1, 0.15) is 12.0 Å². The van der Waals surface area contributed by atoms with Gasteiger partial charge < -0.3 is 10.6 Å². The quantitative estimate of drug-likeness (QED) is 0.630. The Hall–Kier alpha value is -0.520. The van der Waals surface area contributed by atoms with E-state index in [9.17, 15) is 0 Å². The fraction of sp³-hybridized carbons (Fsp3) is 0.500. The Labute approximate surface area is 145 Å². The second kappa shape index (κ2) is 12.1. The molecule has 4 nitrogen and oxygen atoms in total. The number of nitrogens with one attached hydrogen (secondary N) is 1. The summed E-state index contributed by atoms with van der Waals surface area (Å²) in [5.41, 5.74) is 6.77. The van der Waals surface area contributed by atoms with Crippen molar-refractivity contribution in [1.82, 2.24) is 9.80 Å². The van der Waals surface area contributed by atoms with Gasteiger partial charge in [0.1, 0.15) is 0 Å². The normalized spacial score (nSPS) is 15.2. The van der Waals surface area contributed by atoms with Crippen molar-refractivity contribution in [1.29, 1.82) is 5.41 Å². The molecule has 1 aliphatic rings. The van der Waals surface area contributed by atoms with Crippen molar-refractivity contribution in [2.75, 3.05) is 32.7 Å². The van der Waals surface area contributed by atoms with E-state index in [2.05, 4.69) is 40.1 Å². The fourth-order valence-corrected chi connectivity index (χ4v) is 2.29. The first-order valence-electron chi connectivity index (χ1n) is 6.55. The summed E-state index contributed by atoms with van der Waals surface area (Å²) in [5, 5.41) is 7.24. The van der Waals surface area contributed by atoms with E-state index < -0.39 is 0 Å². The highest BCUT2D eigenvalue weighted by atomic mass is 35.5. The molecule has 21 heavy (non-hydrogen) atoms. The molecule has 0 aliphatic carbocycles. The van der Waals surface area contributed by atoms with Gasteiger partial charge in [-0.15, -0.1) is 37.2 Å². The Bertz CT molecular complexity index is 381. The maximum atomic E-state index is 7.24. The van der Waals surface area contributed by atoms with Crippen molar-refractivity contribution in [3.05, 3.63) is 35.9 Å². The zero-order valence-electron chi connectivity index (χ0n) is 12.0. The maximum absolute atomic E-state index is 7.24. The highest BCUT2D eigenvalue weighted by Crippen LogP contribution is 2.08. The minimum absolute atomic E-state index is 0. The van der Waals surface area contributed by atoms with Crippen molar-refractivity contribution >= 4 is 43.1 Å². The average molecular weight is 356 g/mol. The van der Waals surface area contributed by atoms with E-state index in [0.717, 1.165) is 39.3 Å². The van der Waals surface area contributed by atoms with E-state index >= 15 is 0 Å². The van der Waals surface area contributed by atoms with Crippen LogP contribution >= 0.6 is 37.2 Å². The van der Waals surface area contributed by atoms with Crippen molar-refractivity contribution in [2.24, 2.45) is 5.73 Å². The number of rotatable bonds is 5. The number of piperazine rings is 1. The van der Waals surface area contributed by atoms with Gasteiger partial charge in [-0.1, -0.05) is 30.3 Å². The maximum Gasteiger partial charge on any atom is 0.0918 e. The van der Waals surface area contributed by atoms with Gasteiger partial charge in [0.15, 0.2) is 0 Å². The molecule has 0 radical (unpaired) electrons. The summed E-state index contributed by atoms with van der Waals surface area (Å²) < 4.78 is 0. The molecule has 0 aromatic heterocycles. The van der Waals surface area contributed by atoms with Gasteiger partial charge in [0.25, 0.3) is 0 Å². The van der Waals surface area contributed by atoms with Gasteiger partial charge in [-0.3, -0.25) is 10.3 Å². The molecule has 7 heteroatoms. The number of hydrogen-bond donors (Lipinski definition) is 2. The molecule has 0 bridgehead atoms. The number of nitrogens with zero attached hydrogens (tertiary/aromatic N) is 2. The van der Waals surface area contributed by atoms with E-state index in [1.165, 1.54) is 5.56 Å². The van der Waals surface area contributed by atoms with Gasteiger partial charge in [0, 0.05) is 45.7 Å². The Morgan fingerprint density at radius 1 is 0.952 bits per heavy atom. The zero-order valence-corrected chi connectivity index (χ0v) is 14.5. The molecule has 1 fully saturated rings. The Kier molecular flexibility index (Phi) is 13.1. The zero-order chi connectivity index (χ0) is 12.8. The smallest absolute Gasteiger partial charge is 0.0918 e. The third-order valence-corrected chi connectivity index (χ3v) is 3.41. The summed E-state index contributed by atoms with van der Waals surface area (Å²) >= 11 is 0. The van der Waals surface area contributed by atoms with Crippen LogP contribution in [0.5, 0.6) is 0 Å². The monoisotopic (exact) mass is 354 g/mol. The lowest BCUT2D eigenvalue weighted by Gasteiger charge is -2.34. The summed E-state index contributed by atoms with van der Waals surface area (Å²) in [4.78, 5) is 4.88. The minimum atomic E-state index is 0. The molecule has 0 unspecified atom stereocenters.